The molecule has 0 unspecified atom stereocenters. The molecule has 0 radical (unpaired) electrons. The van der Waals surface area contributed by atoms with Crippen molar-refractivity contribution in [2.24, 2.45) is 4.99 Å². The topological polar surface area (TPSA) is 46.6 Å². The molecule has 3 heterocycles. The Morgan fingerprint density at radius 2 is 1.33 bits per heavy atom. The molecule has 188 valence electrons. The van der Waals surface area contributed by atoms with Gasteiger partial charge in [-0.1, -0.05) is 71.9 Å². The van der Waals surface area contributed by atoms with Crippen LogP contribution in [-0.4, -0.2) is 18.0 Å². The first-order chi connectivity index (χ1) is 17.3. The summed E-state index contributed by atoms with van der Waals surface area (Å²) in [5.74, 6) is 3.49. The van der Waals surface area contributed by atoms with Gasteiger partial charge in [0.1, 0.15) is 0 Å². The van der Waals surface area contributed by atoms with Crippen LogP contribution in [0.1, 0.15) is 81.5 Å². The van der Waals surface area contributed by atoms with Gasteiger partial charge in [0.15, 0.2) is 11.5 Å². The summed E-state index contributed by atoms with van der Waals surface area (Å²) in [6.45, 7) is 13.5. The van der Waals surface area contributed by atoms with Crippen molar-refractivity contribution in [2.75, 3.05) is 6.79 Å². The van der Waals surface area contributed by atoms with E-state index in [9.17, 15) is 0 Å². The SMILES string of the molecule is CC(C)c1ccc2c(c1)N=CC2.CC(C)c1ccc2c(c1)OCO2.CC(C)c1ccc2cc[nH]c2c1. The van der Waals surface area contributed by atoms with Crippen molar-refractivity contribution in [1.82, 2.24) is 4.98 Å². The lowest BCUT2D eigenvalue weighted by molar-refractivity contribution is 0.174. The van der Waals surface area contributed by atoms with Gasteiger partial charge in [0.2, 0.25) is 6.79 Å². The van der Waals surface area contributed by atoms with Gasteiger partial charge in [-0.3, -0.25) is 4.99 Å². The molecule has 0 atom stereocenters. The molecule has 0 saturated carbocycles. The Balaban J connectivity index is 0.000000127. The maximum Gasteiger partial charge on any atom is 0.231 e. The molecule has 0 bridgehead atoms. The van der Waals surface area contributed by atoms with Gasteiger partial charge in [-0.2, -0.15) is 0 Å². The Kier molecular flexibility index (Phi) is 8.14. The number of aromatic amines is 1. The van der Waals surface area contributed by atoms with Gasteiger partial charge in [-0.15, -0.1) is 0 Å². The first-order valence-electron chi connectivity index (χ1n) is 12.9. The van der Waals surface area contributed by atoms with Crippen LogP contribution in [0.25, 0.3) is 10.9 Å². The van der Waals surface area contributed by atoms with Crippen LogP contribution in [0.2, 0.25) is 0 Å². The Hall–Kier alpha value is -3.53. The summed E-state index contributed by atoms with van der Waals surface area (Å²) in [6, 6.07) is 21.4. The standard InChI is InChI=1S/2C11H13N.C10H12O2/c2*1-8(2)10-4-3-9-5-6-12-11(9)7-10;1-7(2)8-3-4-9-10(5-8)12-6-11-9/h3-4,6-8H,5H2,1-2H3;3-8,12H,1-2H3;3-5,7H,6H2,1-2H3. The molecule has 0 fully saturated rings. The number of aliphatic imine (C=N–C) groups is 1. The second-order valence-electron chi connectivity index (χ2n) is 10.3. The molecule has 0 amide bonds. The first-order valence-corrected chi connectivity index (χ1v) is 12.9. The van der Waals surface area contributed by atoms with Gasteiger partial charge in [0.25, 0.3) is 0 Å². The summed E-state index contributed by atoms with van der Waals surface area (Å²) in [4.78, 5) is 7.53. The number of nitrogens with zero attached hydrogens (tertiary/aromatic N) is 1. The number of aromatic nitrogens is 1. The Morgan fingerprint density at radius 3 is 2.08 bits per heavy atom. The van der Waals surface area contributed by atoms with Crippen LogP contribution in [0.5, 0.6) is 11.5 Å². The Morgan fingerprint density at radius 1 is 0.694 bits per heavy atom. The summed E-state index contributed by atoms with van der Waals surface area (Å²) in [7, 11) is 0. The van der Waals surface area contributed by atoms with Crippen LogP contribution in [0.3, 0.4) is 0 Å². The van der Waals surface area contributed by atoms with E-state index in [1.54, 1.807) is 0 Å². The lowest BCUT2D eigenvalue weighted by atomic mass is 10.0. The predicted molar refractivity (Wildman–Crippen MR) is 151 cm³/mol. The van der Waals surface area contributed by atoms with E-state index in [1.807, 2.05) is 24.5 Å². The van der Waals surface area contributed by atoms with Gasteiger partial charge in [-0.25, -0.2) is 0 Å². The number of hydrogen-bond acceptors (Lipinski definition) is 3. The molecular weight excluding hydrogens is 444 g/mol. The normalized spacial score (nSPS) is 13.0. The maximum absolute atomic E-state index is 5.27. The van der Waals surface area contributed by atoms with E-state index in [0.29, 0.717) is 24.5 Å². The third-order valence-electron chi connectivity index (χ3n) is 6.63. The van der Waals surface area contributed by atoms with Gasteiger partial charge in [0.05, 0.1) is 5.69 Å². The van der Waals surface area contributed by atoms with Crippen molar-refractivity contribution in [3.63, 3.8) is 0 Å². The van der Waals surface area contributed by atoms with E-state index in [0.717, 1.165) is 17.9 Å². The highest BCUT2D eigenvalue weighted by molar-refractivity contribution is 5.80. The van der Waals surface area contributed by atoms with Crippen molar-refractivity contribution in [3.8, 4) is 11.5 Å². The van der Waals surface area contributed by atoms with E-state index in [4.69, 9.17) is 9.47 Å². The molecule has 4 nitrogen and oxygen atoms in total. The maximum atomic E-state index is 5.27. The molecule has 0 saturated heterocycles. The van der Waals surface area contributed by atoms with E-state index in [1.165, 1.54) is 38.8 Å². The summed E-state index contributed by atoms with van der Waals surface area (Å²) >= 11 is 0. The predicted octanol–water partition coefficient (Wildman–Crippen LogP) is 8.90. The minimum atomic E-state index is 0.358. The zero-order valence-electron chi connectivity index (χ0n) is 22.3. The monoisotopic (exact) mass is 482 g/mol. The highest BCUT2D eigenvalue weighted by atomic mass is 16.7. The fourth-order valence-corrected chi connectivity index (χ4v) is 4.17. The molecule has 2 aliphatic heterocycles. The van der Waals surface area contributed by atoms with Gasteiger partial charge in [0, 0.05) is 24.3 Å². The van der Waals surface area contributed by atoms with Crippen LogP contribution in [0.15, 0.2) is 71.9 Å². The molecule has 3 aromatic carbocycles. The van der Waals surface area contributed by atoms with E-state index < -0.39 is 0 Å². The van der Waals surface area contributed by atoms with E-state index >= 15 is 0 Å². The average Bonchev–Trinajstić information content (AvgIpc) is 3.63. The first kappa shape index (κ1) is 25.6. The van der Waals surface area contributed by atoms with E-state index in [-0.39, 0.29) is 0 Å². The fourth-order valence-electron chi connectivity index (χ4n) is 4.17. The smallest absolute Gasteiger partial charge is 0.231 e. The molecular formula is C32H38N2O2. The third kappa shape index (κ3) is 6.17. The van der Waals surface area contributed by atoms with Crippen molar-refractivity contribution in [1.29, 1.82) is 0 Å². The lowest BCUT2D eigenvalue weighted by Crippen LogP contribution is -1.93. The zero-order valence-corrected chi connectivity index (χ0v) is 22.3. The van der Waals surface area contributed by atoms with Gasteiger partial charge >= 0.3 is 0 Å². The van der Waals surface area contributed by atoms with E-state index in [2.05, 4.69) is 100 Å². The summed E-state index contributed by atoms with van der Waals surface area (Å²) < 4.78 is 10.5. The number of fused-ring (bicyclic) bond motifs is 3. The minimum Gasteiger partial charge on any atom is -0.454 e. The summed E-state index contributed by atoms with van der Waals surface area (Å²) in [6.07, 6.45) is 4.97. The average molecular weight is 483 g/mol. The van der Waals surface area contributed by atoms with Crippen molar-refractivity contribution in [2.45, 2.75) is 65.7 Å². The van der Waals surface area contributed by atoms with Crippen LogP contribution in [0.4, 0.5) is 5.69 Å². The number of nitrogens with one attached hydrogen (secondary N) is 1. The molecule has 0 spiro atoms. The van der Waals surface area contributed by atoms with Crippen molar-refractivity contribution in [3.05, 3.63) is 89.1 Å². The molecule has 4 aromatic rings. The number of benzene rings is 3. The van der Waals surface area contributed by atoms with Gasteiger partial charge < -0.3 is 14.5 Å². The summed E-state index contributed by atoms with van der Waals surface area (Å²) in [5.41, 5.74) is 7.83. The molecule has 6 rings (SSSR count). The third-order valence-corrected chi connectivity index (χ3v) is 6.63. The quantitative estimate of drug-likeness (QED) is 0.317. The summed E-state index contributed by atoms with van der Waals surface area (Å²) in [5, 5.41) is 1.29. The van der Waals surface area contributed by atoms with Crippen LogP contribution < -0.4 is 9.47 Å². The molecule has 4 heteroatoms. The fraction of sp³-hybridized carbons (Fsp3) is 0.344. The highest BCUT2D eigenvalue weighted by Crippen LogP contribution is 2.34. The molecule has 0 aliphatic carbocycles. The molecule has 36 heavy (non-hydrogen) atoms. The number of rotatable bonds is 3. The second-order valence-corrected chi connectivity index (χ2v) is 10.3. The van der Waals surface area contributed by atoms with Crippen LogP contribution in [-0.2, 0) is 6.42 Å². The molecule has 1 aromatic heterocycles. The Labute approximate surface area is 215 Å². The van der Waals surface area contributed by atoms with Gasteiger partial charge in [-0.05, 0) is 75.7 Å². The molecule has 2 aliphatic rings. The lowest BCUT2D eigenvalue weighted by Gasteiger charge is -2.06. The largest absolute Gasteiger partial charge is 0.454 e. The molecule has 1 N–H and O–H groups in total. The second kappa shape index (κ2) is 11.5. The van der Waals surface area contributed by atoms with Crippen LogP contribution >= 0.6 is 0 Å². The van der Waals surface area contributed by atoms with Crippen molar-refractivity contribution < 1.29 is 9.47 Å². The highest BCUT2D eigenvalue weighted by Gasteiger charge is 2.13. The number of ether oxygens (including phenoxy) is 2. The zero-order chi connectivity index (χ0) is 25.7. The van der Waals surface area contributed by atoms with Crippen molar-refractivity contribution >= 4 is 22.8 Å². The Bertz CT molecular complexity index is 1330. The van der Waals surface area contributed by atoms with Crippen LogP contribution in [0, 0.1) is 0 Å². The number of hydrogen-bond donors (Lipinski definition) is 1. The minimum absolute atomic E-state index is 0.358. The number of H-pyrrole nitrogens is 1.